The van der Waals surface area contributed by atoms with E-state index in [0.717, 1.165) is 6.07 Å². The van der Waals surface area contributed by atoms with Crippen molar-refractivity contribution < 1.29 is 23.2 Å². The molecule has 1 fully saturated rings. The topological polar surface area (TPSA) is 61.6 Å². The van der Waals surface area contributed by atoms with Crippen LogP contribution in [0.4, 0.5) is 14.5 Å². The van der Waals surface area contributed by atoms with Gasteiger partial charge in [0, 0.05) is 0 Å². The Kier molecular flexibility index (Phi) is 2.80. The van der Waals surface area contributed by atoms with Crippen LogP contribution in [0.2, 0.25) is 0 Å². The maximum Gasteiger partial charge on any atom is 0.280 e. The van der Waals surface area contributed by atoms with E-state index >= 15 is 0 Å². The number of hydrogen-bond acceptors (Lipinski definition) is 4. The number of nitrogens with zero attached hydrogens (tertiary/aromatic N) is 1. The third kappa shape index (κ3) is 1.86. The van der Waals surface area contributed by atoms with Gasteiger partial charge in [0.15, 0.2) is 17.9 Å². The molecule has 0 saturated carbocycles. The van der Waals surface area contributed by atoms with Gasteiger partial charge in [-0.25, -0.2) is 8.78 Å². The fourth-order valence-corrected chi connectivity index (χ4v) is 1.44. The monoisotopic (exact) mass is 231 g/mol. The van der Waals surface area contributed by atoms with Crippen LogP contribution in [0.1, 0.15) is 11.9 Å². The highest BCUT2D eigenvalue weighted by atomic mass is 19.2. The van der Waals surface area contributed by atoms with Crippen molar-refractivity contribution in [3.8, 4) is 0 Å². The second kappa shape index (κ2) is 4.11. The van der Waals surface area contributed by atoms with Crippen molar-refractivity contribution in [2.24, 2.45) is 0 Å². The zero-order valence-electron chi connectivity index (χ0n) is 7.98. The highest BCUT2D eigenvalue weighted by Gasteiger charge is 2.28. The second-order valence-electron chi connectivity index (χ2n) is 3.16. The van der Waals surface area contributed by atoms with Crippen LogP contribution < -0.4 is 0 Å². The average Bonchev–Trinajstić information content (AvgIpc) is 2.74. The number of ether oxygens (including phenoxy) is 2. The molecule has 1 aliphatic heterocycles. The molecule has 0 aromatic heterocycles. The minimum atomic E-state index is -1.27. The van der Waals surface area contributed by atoms with Gasteiger partial charge in [0.2, 0.25) is 0 Å². The lowest BCUT2D eigenvalue weighted by molar-refractivity contribution is -0.387. The largest absolute Gasteiger partial charge is 0.346 e. The van der Waals surface area contributed by atoms with E-state index in [0.29, 0.717) is 6.07 Å². The Morgan fingerprint density at radius 3 is 2.38 bits per heavy atom. The summed E-state index contributed by atoms with van der Waals surface area (Å²) in [6.07, 6.45) is -1.00. The van der Waals surface area contributed by atoms with Gasteiger partial charge in [-0.3, -0.25) is 10.1 Å². The summed E-state index contributed by atoms with van der Waals surface area (Å²) in [7, 11) is 0. The van der Waals surface area contributed by atoms with E-state index in [1.54, 1.807) is 0 Å². The zero-order valence-corrected chi connectivity index (χ0v) is 7.98. The molecule has 0 N–H and O–H groups in total. The fraction of sp³-hybridized carbons (Fsp3) is 0.333. The van der Waals surface area contributed by atoms with Crippen LogP contribution in [0.25, 0.3) is 0 Å². The summed E-state index contributed by atoms with van der Waals surface area (Å²) in [5.41, 5.74) is -0.660. The van der Waals surface area contributed by atoms with Crippen molar-refractivity contribution in [3.05, 3.63) is 39.4 Å². The molecule has 0 unspecified atom stereocenters. The van der Waals surface area contributed by atoms with Gasteiger partial charge in [-0.2, -0.15) is 0 Å². The van der Waals surface area contributed by atoms with Crippen molar-refractivity contribution in [1.82, 2.24) is 0 Å². The maximum absolute atomic E-state index is 13.0. The van der Waals surface area contributed by atoms with E-state index in [-0.39, 0.29) is 18.8 Å². The van der Waals surface area contributed by atoms with E-state index in [2.05, 4.69) is 0 Å². The number of nitro benzene ring substituents is 1. The molecule has 7 heteroatoms. The van der Waals surface area contributed by atoms with E-state index < -0.39 is 28.5 Å². The molecule has 1 saturated heterocycles. The Hall–Kier alpha value is -1.60. The third-order valence-electron chi connectivity index (χ3n) is 2.14. The summed E-state index contributed by atoms with van der Waals surface area (Å²) >= 11 is 0. The van der Waals surface area contributed by atoms with E-state index in [4.69, 9.17) is 9.47 Å². The molecule has 1 aromatic rings. The molecule has 86 valence electrons. The first kappa shape index (κ1) is 10.9. The van der Waals surface area contributed by atoms with Gasteiger partial charge >= 0.3 is 0 Å². The number of rotatable bonds is 2. The molecule has 2 rings (SSSR count). The van der Waals surface area contributed by atoms with Crippen LogP contribution in [0.15, 0.2) is 12.1 Å². The summed E-state index contributed by atoms with van der Waals surface area (Å²) in [5.74, 6) is -2.44. The first-order valence-electron chi connectivity index (χ1n) is 4.46. The Morgan fingerprint density at radius 2 is 1.81 bits per heavy atom. The number of hydrogen-bond donors (Lipinski definition) is 0. The van der Waals surface area contributed by atoms with Gasteiger partial charge in [0.05, 0.1) is 29.8 Å². The minimum absolute atomic E-state index is 0.110. The first-order valence-corrected chi connectivity index (χ1v) is 4.46. The lowest BCUT2D eigenvalue weighted by Gasteiger charge is -2.09. The predicted octanol–water partition coefficient (Wildman–Crippen LogP) is 1.92. The number of halogens is 2. The van der Waals surface area contributed by atoms with Gasteiger partial charge in [-0.05, 0) is 6.07 Å². The zero-order chi connectivity index (χ0) is 11.7. The van der Waals surface area contributed by atoms with Crippen molar-refractivity contribution in [1.29, 1.82) is 0 Å². The molecule has 0 radical (unpaired) electrons. The van der Waals surface area contributed by atoms with Gasteiger partial charge < -0.3 is 9.47 Å². The molecule has 16 heavy (non-hydrogen) atoms. The molecule has 1 heterocycles. The first-order chi connectivity index (χ1) is 7.59. The molecule has 0 atom stereocenters. The highest BCUT2D eigenvalue weighted by molar-refractivity contribution is 5.42. The summed E-state index contributed by atoms with van der Waals surface area (Å²) in [6.45, 7) is 0.529. The molecular formula is C9H7F2NO4. The smallest absolute Gasteiger partial charge is 0.280 e. The molecule has 0 amide bonds. The number of nitro groups is 1. The Morgan fingerprint density at radius 1 is 1.25 bits per heavy atom. The van der Waals surface area contributed by atoms with Crippen LogP contribution in [0.5, 0.6) is 0 Å². The summed E-state index contributed by atoms with van der Waals surface area (Å²) in [4.78, 5) is 9.84. The molecule has 0 aliphatic carbocycles. The standard InChI is InChI=1S/C9H7F2NO4/c10-6-3-5(9-15-1-2-16-9)8(12(13)14)4-7(6)11/h3-4,9H,1-2H2. The van der Waals surface area contributed by atoms with Crippen LogP contribution in [-0.2, 0) is 9.47 Å². The average molecular weight is 231 g/mol. The fourth-order valence-electron chi connectivity index (χ4n) is 1.44. The molecule has 1 aromatic carbocycles. The lowest BCUT2D eigenvalue weighted by atomic mass is 10.1. The van der Waals surface area contributed by atoms with Crippen LogP contribution >= 0.6 is 0 Å². The lowest BCUT2D eigenvalue weighted by Crippen LogP contribution is -2.05. The maximum atomic E-state index is 13.0. The van der Waals surface area contributed by atoms with Gasteiger partial charge in [-0.1, -0.05) is 0 Å². The highest BCUT2D eigenvalue weighted by Crippen LogP contribution is 2.32. The molecular weight excluding hydrogens is 224 g/mol. The molecule has 1 aliphatic rings. The van der Waals surface area contributed by atoms with Gasteiger partial charge in [-0.15, -0.1) is 0 Å². The number of benzene rings is 1. The van der Waals surface area contributed by atoms with Crippen LogP contribution in [-0.4, -0.2) is 18.1 Å². The van der Waals surface area contributed by atoms with Crippen molar-refractivity contribution in [3.63, 3.8) is 0 Å². The van der Waals surface area contributed by atoms with Crippen LogP contribution in [0, 0.1) is 21.7 Å². The quantitative estimate of drug-likeness (QED) is 0.576. The van der Waals surface area contributed by atoms with Gasteiger partial charge in [0.1, 0.15) is 0 Å². The Balaban J connectivity index is 2.48. The molecule has 5 nitrogen and oxygen atoms in total. The summed E-state index contributed by atoms with van der Waals surface area (Å²) < 4.78 is 35.8. The summed E-state index contributed by atoms with van der Waals surface area (Å²) in [6, 6.07) is 1.25. The summed E-state index contributed by atoms with van der Waals surface area (Å²) in [5, 5.41) is 10.6. The second-order valence-corrected chi connectivity index (χ2v) is 3.16. The molecule has 0 spiro atoms. The molecule has 0 bridgehead atoms. The van der Waals surface area contributed by atoms with Crippen molar-refractivity contribution in [2.75, 3.05) is 13.2 Å². The predicted molar refractivity (Wildman–Crippen MR) is 47.7 cm³/mol. The third-order valence-corrected chi connectivity index (χ3v) is 2.14. The SMILES string of the molecule is O=[N+]([O-])c1cc(F)c(F)cc1C1OCCO1. The van der Waals surface area contributed by atoms with Crippen molar-refractivity contribution >= 4 is 5.69 Å². The van der Waals surface area contributed by atoms with E-state index in [1.165, 1.54) is 0 Å². The normalized spacial score (nSPS) is 16.6. The van der Waals surface area contributed by atoms with E-state index in [1.807, 2.05) is 0 Å². The Labute approximate surface area is 88.7 Å². The van der Waals surface area contributed by atoms with Crippen LogP contribution in [0.3, 0.4) is 0 Å². The Bertz CT molecular complexity index is 432. The van der Waals surface area contributed by atoms with Gasteiger partial charge in [0.25, 0.3) is 5.69 Å². The van der Waals surface area contributed by atoms with Crippen molar-refractivity contribution in [2.45, 2.75) is 6.29 Å². The van der Waals surface area contributed by atoms with E-state index in [9.17, 15) is 18.9 Å². The minimum Gasteiger partial charge on any atom is -0.346 e.